The Labute approximate surface area is 135 Å². The van der Waals surface area contributed by atoms with Crippen molar-refractivity contribution >= 4 is 5.91 Å². The maximum atomic E-state index is 12.6. The molecular weight excluding hydrogens is 292 g/mol. The van der Waals surface area contributed by atoms with E-state index in [2.05, 4.69) is 22.2 Å². The second kappa shape index (κ2) is 6.91. The van der Waals surface area contributed by atoms with E-state index in [1.165, 1.54) is 0 Å². The number of ether oxygens (including phenoxy) is 1. The van der Waals surface area contributed by atoms with Crippen molar-refractivity contribution in [3.8, 4) is 0 Å². The van der Waals surface area contributed by atoms with Gasteiger partial charge in [0.15, 0.2) is 0 Å². The lowest BCUT2D eigenvalue weighted by Gasteiger charge is -2.20. The third-order valence-corrected chi connectivity index (χ3v) is 4.24. The molecule has 6 heteroatoms. The fourth-order valence-electron chi connectivity index (χ4n) is 3.00. The van der Waals surface area contributed by atoms with Crippen LogP contribution in [-0.2, 0) is 17.7 Å². The van der Waals surface area contributed by atoms with Crippen molar-refractivity contribution in [3.63, 3.8) is 0 Å². The van der Waals surface area contributed by atoms with E-state index in [9.17, 15) is 4.79 Å². The number of carbonyl (C=O) groups excluding carboxylic acids is 1. The molecule has 2 aromatic heterocycles. The van der Waals surface area contributed by atoms with Crippen LogP contribution in [0.15, 0.2) is 30.7 Å². The number of aromatic nitrogens is 3. The molecule has 0 aromatic carbocycles. The molecule has 1 saturated heterocycles. The van der Waals surface area contributed by atoms with Crippen LogP contribution in [0.3, 0.4) is 0 Å². The lowest BCUT2D eigenvalue weighted by Crippen LogP contribution is -2.38. The van der Waals surface area contributed by atoms with Crippen LogP contribution in [0.25, 0.3) is 0 Å². The van der Waals surface area contributed by atoms with Crippen LogP contribution in [0.1, 0.15) is 48.2 Å². The van der Waals surface area contributed by atoms with Gasteiger partial charge in [0.1, 0.15) is 17.6 Å². The maximum absolute atomic E-state index is 12.6. The Bertz CT molecular complexity index is 683. The summed E-state index contributed by atoms with van der Waals surface area (Å²) in [6.07, 6.45) is 6.71. The maximum Gasteiger partial charge on any atom is 0.270 e. The van der Waals surface area contributed by atoms with Crippen molar-refractivity contribution < 1.29 is 9.53 Å². The minimum atomic E-state index is -0.206. The first-order valence-corrected chi connectivity index (χ1v) is 8.12. The topological polar surface area (TPSA) is 69.0 Å². The van der Waals surface area contributed by atoms with Gasteiger partial charge < -0.3 is 14.6 Å². The largest absolute Gasteiger partial charge is 0.368 e. The summed E-state index contributed by atoms with van der Waals surface area (Å²) in [6, 6.07) is 3.71. The molecule has 2 atom stereocenters. The zero-order valence-corrected chi connectivity index (χ0v) is 13.5. The number of nitrogens with one attached hydrogen (secondary N) is 1. The lowest BCUT2D eigenvalue weighted by atomic mass is 10.1. The summed E-state index contributed by atoms with van der Waals surface area (Å²) in [7, 11) is 0. The molecule has 3 rings (SSSR count). The predicted octanol–water partition coefficient (Wildman–Crippen LogP) is 2.12. The van der Waals surface area contributed by atoms with E-state index in [-0.39, 0.29) is 18.1 Å². The first-order valence-electron chi connectivity index (χ1n) is 8.12. The highest BCUT2D eigenvalue weighted by molar-refractivity contribution is 5.93. The SMILES string of the molecule is CCc1cccnc1C(=O)N[C@H]1CCO[C@@H]1c1nccn1CC. The Kier molecular flexibility index (Phi) is 4.71. The molecule has 2 aromatic rings. The molecule has 23 heavy (non-hydrogen) atoms. The zero-order chi connectivity index (χ0) is 16.2. The first kappa shape index (κ1) is 15.7. The highest BCUT2D eigenvalue weighted by Gasteiger charge is 2.34. The van der Waals surface area contributed by atoms with Gasteiger partial charge in [-0.1, -0.05) is 13.0 Å². The predicted molar refractivity (Wildman–Crippen MR) is 86.1 cm³/mol. The quantitative estimate of drug-likeness (QED) is 0.918. The number of amides is 1. The average Bonchev–Trinajstić information content (AvgIpc) is 3.22. The summed E-state index contributed by atoms with van der Waals surface area (Å²) in [6.45, 7) is 5.54. The molecule has 1 fully saturated rings. The van der Waals surface area contributed by atoms with Gasteiger partial charge in [-0.25, -0.2) is 4.98 Å². The Morgan fingerprint density at radius 2 is 2.26 bits per heavy atom. The molecule has 0 saturated carbocycles. The van der Waals surface area contributed by atoms with Gasteiger partial charge >= 0.3 is 0 Å². The lowest BCUT2D eigenvalue weighted by molar-refractivity contribution is 0.0772. The first-order chi connectivity index (χ1) is 11.2. The molecule has 1 aliphatic heterocycles. The van der Waals surface area contributed by atoms with Gasteiger partial charge in [0, 0.05) is 31.7 Å². The van der Waals surface area contributed by atoms with E-state index in [4.69, 9.17) is 4.74 Å². The minimum absolute atomic E-state index is 0.0816. The van der Waals surface area contributed by atoms with Crippen LogP contribution in [-0.4, -0.2) is 33.1 Å². The summed E-state index contributed by atoms with van der Waals surface area (Å²) in [5.41, 5.74) is 1.45. The minimum Gasteiger partial charge on any atom is -0.368 e. The molecular formula is C17H22N4O2. The number of hydrogen-bond donors (Lipinski definition) is 1. The second-order valence-corrected chi connectivity index (χ2v) is 5.60. The van der Waals surface area contributed by atoms with E-state index in [1.54, 1.807) is 12.4 Å². The molecule has 6 nitrogen and oxygen atoms in total. The third kappa shape index (κ3) is 3.12. The van der Waals surface area contributed by atoms with Gasteiger partial charge in [-0.2, -0.15) is 0 Å². The van der Waals surface area contributed by atoms with Crippen LogP contribution in [0.5, 0.6) is 0 Å². The molecule has 1 aliphatic rings. The normalized spacial score (nSPS) is 20.6. The number of aryl methyl sites for hydroxylation is 2. The van der Waals surface area contributed by atoms with E-state index >= 15 is 0 Å². The average molecular weight is 314 g/mol. The molecule has 0 radical (unpaired) electrons. The van der Waals surface area contributed by atoms with Crippen molar-refractivity contribution in [2.75, 3.05) is 6.61 Å². The summed E-state index contributed by atoms with van der Waals surface area (Å²) in [4.78, 5) is 21.2. The van der Waals surface area contributed by atoms with Gasteiger partial charge in [0.25, 0.3) is 5.91 Å². The second-order valence-electron chi connectivity index (χ2n) is 5.60. The summed E-state index contributed by atoms with van der Waals surface area (Å²) < 4.78 is 7.88. The van der Waals surface area contributed by atoms with Crippen molar-refractivity contribution in [2.24, 2.45) is 0 Å². The molecule has 0 unspecified atom stereocenters. The Morgan fingerprint density at radius 3 is 3.04 bits per heavy atom. The highest BCUT2D eigenvalue weighted by Crippen LogP contribution is 2.28. The molecule has 3 heterocycles. The van der Waals surface area contributed by atoms with E-state index in [0.717, 1.165) is 30.8 Å². The van der Waals surface area contributed by atoms with Crippen LogP contribution in [0.2, 0.25) is 0 Å². The molecule has 0 spiro atoms. The molecule has 1 amide bonds. The van der Waals surface area contributed by atoms with Gasteiger partial charge in [-0.15, -0.1) is 0 Å². The van der Waals surface area contributed by atoms with Crippen molar-refractivity contribution in [1.29, 1.82) is 0 Å². The molecule has 1 N–H and O–H groups in total. The summed E-state index contributed by atoms with van der Waals surface area (Å²) in [5, 5.41) is 3.08. The number of rotatable bonds is 5. The number of carbonyl (C=O) groups is 1. The highest BCUT2D eigenvalue weighted by atomic mass is 16.5. The summed E-state index contributed by atoms with van der Waals surface area (Å²) >= 11 is 0. The zero-order valence-electron chi connectivity index (χ0n) is 13.5. The van der Waals surface area contributed by atoms with Gasteiger partial charge in [0.2, 0.25) is 0 Å². The van der Waals surface area contributed by atoms with Crippen molar-refractivity contribution in [3.05, 3.63) is 47.8 Å². The molecule has 122 valence electrons. The summed E-state index contributed by atoms with van der Waals surface area (Å²) in [5.74, 6) is 0.726. The van der Waals surface area contributed by atoms with Gasteiger partial charge in [0.05, 0.1) is 6.04 Å². The van der Waals surface area contributed by atoms with Crippen LogP contribution in [0, 0.1) is 0 Å². The van der Waals surface area contributed by atoms with Crippen molar-refractivity contribution in [2.45, 2.75) is 45.4 Å². The van der Waals surface area contributed by atoms with Crippen molar-refractivity contribution in [1.82, 2.24) is 19.9 Å². The number of nitrogens with zero attached hydrogens (tertiary/aromatic N) is 3. The number of pyridine rings is 1. The monoisotopic (exact) mass is 314 g/mol. The fraction of sp³-hybridized carbons (Fsp3) is 0.471. The van der Waals surface area contributed by atoms with Crippen LogP contribution < -0.4 is 5.32 Å². The Morgan fingerprint density at radius 1 is 1.39 bits per heavy atom. The van der Waals surface area contributed by atoms with Gasteiger partial charge in [-0.05, 0) is 31.4 Å². The molecule has 0 aliphatic carbocycles. The third-order valence-electron chi connectivity index (χ3n) is 4.24. The molecule has 0 bridgehead atoms. The smallest absolute Gasteiger partial charge is 0.270 e. The number of hydrogen-bond acceptors (Lipinski definition) is 4. The standard InChI is InChI=1S/C17H22N4O2/c1-3-12-6-5-8-18-14(12)17(22)20-13-7-11-23-15(13)16-19-9-10-21(16)4-2/h5-6,8-10,13,15H,3-4,7,11H2,1-2H3,(H,20,22)/t13-,15-/m0/s1. The number of imidazole rings is 1. The fourth-order valence-corrected chi connectivity index (χ4v) is 3.00. The Hall–Kier alpha value is -2.21. The Balaban J connectivity index is 1.77. The van der Waals surface area contributed by atoms with Gasteiger partial charge in [-0.3, -0.25) is 9.78 Å². The van der Waals surface area contributed by atoms with E-state index in [0.29, 0.717) is 12.3 Å². The van der Waals surface area contributed by atoms with Crippen LogP contribution in [0.4, 0.5) is 0 Å². The van der Waals surface area contributed by atoms with E-state index < -0.39 is 0 Å². The van der Waals surface area contributed by atoms with E-state index in [1.807, 2.05) is 29.8 Å². The van der Waals surface area contributed by atoms with Crippen LogP contribution >= 0.6 is 0 Å².